The number of carbonyl (C=O) groups is 1. The lowest BCUT2D eigenvalue weighted by Crippen LogP contribution is -2.68. The van der Waals surface area contributed by atoms with Crippen molar-refractivity contribution >= 4 is 43.4 Å². The molecule has 6 aromatic carbocycles. The average molecular weight is 865 g/mol. The van der Waals surface area contributed by atoms with Crippen LogP contribution < -0.4 is 20.7 Å². The molecule has 0 radical (unpaired) electrons. The van der Waals surface area contributed by atoms with E-state index < -0.39 is 22.6 Å². The van der Waals surface area contributed by atoms with Crippen LogP contribution in [0.5, 0.6) is 0 Å². The molecule has 0 fully saturated rings. The molecule has 6 rings (SSSR count). The smallest absolute Gasteiger partial charge is 0.311 e. The number of rotatable bonds is 16. The van der Waals surface area contributed by atoms with E-state index in [0.29, 0.717) is 6.42 Å². The van der Waals surface area contributed by atoms with Gasteiger partial charge in [0.25, 0.3) is 16.6 Å². The molecule has 1 N–H and O–H groups in total. The first-order chi connectivity index (χ1) is 29.7. The van der Waals surface area contributed by atoms with Gasteiger partial charge < -0.3 is 18.7 Å². The lowest BCUT2D eigenvalue weighted by molar-refractivity contribution is -0.148. The Labute approximate surface area is 374 Å². The largest absolute Gasteiger partial charge is 0.469 e. The topological polar surface area (TPSA) is 65.0 Å². The van der Waals surface area contributed by atoms with Gasteiger partial charge in [0.1, 0.15) is 0 Å². The first-order valence-corrected chi connectivity index (χ1v) is 25.8. The minimum atomic E-state index is -2.76. The lowest BCUT2D eigenvalue weighted by Gasteiger charge is -2.45. The predicted octanol–water partition coefficient (Wildman–Crippen LogP) is 9.79. The number of esters is 1. The van der Waals surface area contributed by atoms with Crippen LogP contribution in [0.4, 0.5) is 0 Å². The maximum atomic E-state index is 12.9. The molecule has 0 saturated carbocycles. The van der Waals surface area contributed by atoms with E-state index in [2.05, 4.69) is 182 Å². The first kappa shape index (κ1) is 48.1. The van der Waals surface area contributed by atoms with Crippen LogP contribution in [0.2, 0.25) is 10.1 Å². The number of benzene rings is 6. The molecule has 62 heavy (non-hydrogen) atoms. The van der Waals surface area contributed by atoms with Gasteiger partial charge in [-0.2, -0.15) is 0 Å². The van der Waals surface area contributed by atoms with Crippen LogP contribution >= 0.6 is 0 Å². The highest BCUT2D eigenvalue weighted by Gasteiger charge is 2.53. The third-order valence-corrected chi connectivity index (χ3v) is 22.4. The van der Waals surface area contributed by atoms with E-state index in [4.69, 9.17) is 13.6 Å². The fourth-order valence-electron chi connectivity index (χ4n) is 8.87. The molecule has 326 valence electrons. The summed E-state index contributed by atoms with van der Waals surface area (Å²) < 4.78 is 19.6. The van der Waals surface area contributed by atoms with Crippen LogP contribution in [0.3, 0.4) is 0 Å². The summed E-state index contributed by atoms with van der Waals surface area (Å²) in [5.74, 6) is -0.600. The molecule has 0 heterocycles. The molecule has 0 aliphatic rings. The Balaban J connectivity index is 0.000000235. The van der Waals surface area contributed by atoms with E-state index in [0.717, 1.165) is 12.0 Å². The van der Waals surface area contributed by atoms with Gasteiger partial charge >= 0.3 is 5.97 Å². The Morgan fingerprint density at radius 3 is 1.06 bits per heavy atom. The molecule has 6 aromatic rings. The molecular formula is C55H68O5Si2. The van der Waals surface area contributed by atoms with Crippen LogP contribution in [-0.2, 0) is 31.2 Å². The zero-order valence-corrected chi connectivity index (χ0v) is 40.3. The molecule has 0 spiro atoms. The summed E-state index contributed by atoms with van der Waals surface area (Å²) in [6.45, 7) is 17.9. The first-order valence-electron chi connectivity index (χ1n) is 22.0. The number of hydrogen-bond donors (Lipinski definition) is 1. The highest BCUT2D eigenvalue weighted by Crippen LogP contribution is 2.40. The predicted molar refractivity (Wildman–Crippen MR) is 263 cm³/mol. The maximum absolute atomic E-state index is 12.9. The number of ether oxygens (including phenoxy) is 1. The molecule has 0 bridgehead atoms. The molecule has 0 aromatic heterocycles. The molecule has 0 saturated heterocycles. The SMILES string of the molecule is COC(=O)[C@@H](Cc1ccccc1)[C@@H](C)O[Si](c1ccccc1)(c1ccccc1)C(C)(C)C.C[C@H](O[Si](c1ccccc1)(c1ccccc1)C(C)(C)C)[C@@H](CO)Cc1ccccc1. The summed E-state index contributed by atoms with van der Waals surface area (Å²) in [7, 11) is -3.92. The van der Waals surface area contributed by atoms with E-state index >= 15 is 0 Å². The van der Waals surface area contributed by atoms with Crippen molar-refractivity contribution in [2.45, 2.75) is 90.5 Å². The average Bonchev–Trinajstić information content (AvgIpc) is 3.29. The summed E-state index contributed by atoms with van der Waals surface area (Å²) in [6, 6.07) is 62.9. The van der Waals surface area contributed by atoms with Gasteiger partial charge in [-0.15, -0.1) is 0 Å². The van der Waals surface area contributed by atoms with Gasteiger partial charge in [-0.25, -0.2) is 0 Å². The van der Waals surface area contributed by atoms with Crippen molar-refractivity contribution in [3.05, 3.63) is 193 Å². The molecule has 4 atom stereocenters. The number of methoxy groups -OCH3 is 1. The van der Waals surface area contributed by atoms with E-state index in [9.17, 15) is 9.90 Å². The minimum absolute atomic E-state index is 0.0362. The molecular weight excluding hydrogens is 797 g/mol. The van der Waals surface area contributed by atoms with Crippen molar-refractivity contribution in [1.29, 1.82) is 0 Å². The Bertz CT molecular complexity index is 2110. The normalized spacial score (nSPS) is 14.1. The summed E-state index contributed by atoms with van der Waals surface area (Å²) in [5, 5.41) is 15.0. The van der Waals surface area contributed by atoms with E-state index in [1.54, 1.807) is 0 Å². The summed E-state index contributed by atoms with van der Waals surface area (Å²) in [5.41, 5.74) is 2.33. The van der Waals surface area contributed by atoms with Crippen molar-refractivity contribution in [2.24, 2.45) is 11.8 Å². The number of carbonyl (C=O) groups excluding carboxylic acids is 1. The Hall–Kier alpha value is -4.90. The standard InChI is InChI=1S/C28H34O3Si.C27H34O2Si/c1-22(26(27(29)30-5)21-23-15-9-6-10-16-23)31-32(28(2,3)4,24-17-11-7-12-18-24)25-19-13-8-14-20-25;1-22(24(21-28)20-23-14-8-5-9-15-23)29-30(27(2,3)4,25-16-10-6-11-17-25)26-18-12-7-13-19-26/h6-20,22,26H,21H2,1-5H3;5-19,22,24,28H,20-21H2,1-4H3/t22-,26+;22-,24+/m10/s1. The zero-order chi connectivity index (χ0) is 44.8. The van der Waals surface area contributed by atoms with Crippen LogP contribution in [-0.4, -0.2) is 53.6 Å². The van der Waals surface area contributed by atoms with Crippen LogP contribution in [0, 0.1) is 11.8 Å². The third kappa shape index (κ3) is 11.4. The van der Waals surface area contributed by atoms with Gasteiger partial charge in [-0.3, -0.25) is 4.79 Å². The molecule has 7 heteroatoms. The van der Waals surface area contributed by atoms with Crippen molar-refractivity contribution in [3.63, 3.8) is 0 Å². The van der Waals surface area contributed by atoms with Gasteiger partial charge in [0.05, 0.1) is 19.1 Å². The van der Waals surface area contributed by atoms with Gasteiger partial charge in [0.15, 0.2) is 0 Å². The van der Waals surface area contributed by atoms with Crippen molar-refractivity contribution < 1.29 is 23.5 Å². The third-order valence-electron chi connectivity index (χ3n) is 12.2. The highest BCUT2D eigenvalue weighted by atomic mass is 28.4. The highest BCUT2D eigenvalue weighted by molar-refractivity contribution is 7.00. The van der Waals surface area contributed by atoms with Gasteiger partial charge in [0, 0.05) is 18.6 Å². The van der Waals surface area contributed by atoms with Crippen LogP contribution in [0.25, 0.3) is 0 Å². The van der Waals surface area contributed by atoms with Gasteiger partial charge in [-0.05, 0) is 68.6 Å². The Morgan fingerprint density at radius 1 is 0.484 bits per heavy atom. The van der Waals surface area contributed by atoms with Crippen LogP contribution in [0.1, 0.15) is 66.5 Å². The fourth-order valence-corrected chi connectivity index (χ4v) is 18.4. The summed E-state index contributed by atoms with van der Waals surface area (Å²) in [6.07, 6.45) is 0.972. The quantitative estimate of drug-likeness (QED) is 0.0776. The number of hydrogen-bond acceptors (Lipinski definition) is 5. The van der Waals surface area contributed by atoms with Crippen molar-refractivity contribution in [1.82, 2.24) is 0 Å². The van der Waals surface area contributed by atoms with E-state index in [-0.39, 0.29) is 40.8 Å². The molecule has 0 aliphatic carbocycles. The molecule has 5 nitrogen and oxygen atoms in total. The second kappa shape index (κ2) is 21.9. The van der Waals surface area contributed by atoms with Gasteiger partial charge in [-0.1, -0.05) is 224 Å². The van der Waals surface area contributed by atoms with E-state index in [1.165, 1.54) is 33.4 Å². The summed E-state index contributed by atoms with van der Waals surface area (Å²) >= 11 is 0. The fraction of sp³-hybridized carbons (Fsp3) is 0.327. The number of aliphatic hydroxyl groups is 1. The molecule has 0 amide bonds. The molecule has 0 aliphatic heterocycles. The summed E-state index contributed by atoms with van der Waals surface area (Å²) in [4.78, 5) is 12.9. The minimum Gasteiger partial charge on any atom is -0.469 e. The maximum Gasteiger partial charge on any atom is 0.311 e. The Kier molecular flexibility index (Phi) is 17.0. The lowest BCUT2D eigenvalue weighted by atomic mass is 9.95. The van der Waals surface area contributed by atoms with E-state index in [1.807, 2.05) is 55.5 Å². The second-order valence-electron chi connectivity index (χ2n) is 18.4. The van der Waals surface area contributed by atoms with Gasteiger partial charge in [0.2, 0.25) is 0 Å². The molecule has 0 unspecified atom stereocenters. The monoisotopic (exact) mass is 864 g/mol. The van der Waals surface area contributed by atoms with Crippen molar-refractivity contribution in [3.8, 4) is 0 Å². The second-order valence-corrected chi connectivity index (χ2v) is 26.9. The van der Waals surface area contributed by atoms with Crippen LogP contribution in [0.15, 0.2) is 182 Å². The zero-order valence-electron chi connectivity index (χ0n) is 38.3. The Morgan fingerprint density at radius 2 is 0.774 bits per heavy atom. The number of aliphatic hydroxyl groups excluding tert-OH is 1. The van der Waals surface area contributed by atoms with Crippen molar-refractivity contribution in [2.75, 3.05) is 13.7 Å².